The fourth-order valence-corrected chi connectivity index (χ4v) is 0.959. The topological polar surface area (TPSA) is 62.2 Å². The Balaban J connectivity index is 2.65. The van der Waals surface area contributed by atoms with Gasteiger partial charge in [-0.2, -0.15) is 0 Å². The van der Waals surface area contributed by atoms with E-state index in [2.05, 4.69) is 5.32 Å². The van der Waals surface area contributed by atoms with Crippen molar-refractivity contribution >= 4 is 11.9 Å². The van der Waals surface area contributed by atoms with Gasteiger partial charge < -0.3 is 4.74 Å². The second kappa shape index (κ2) is 2.90. The average molecular weight is 181 g/mol. The molecule has 1 fully saturated rings. The number of carbonyl (C=O) groups is 1. The summed E-state index contributed by atoms with van der Waals surface area (Å²) >= 11 is 0. The monoisotopic (exact) mass is 181 g/mol. The molecule has 1 amide bonds. The van der Waals surface area contributed by atoms with Crippen LogP contribution in [0.1, 0.15) is 18.5 Å². The zero-order chi connectivity index (χ0) is 13.6. The molecule has 0 aromatic heterocycles. The van der Waals surface area contributed by atoms with E-state index >= 15 is 0 Å². The summed E-state index contributed by atoms with van der Waals surface area (Å²) in [6.07, 6.45) is -1.38. The Kier molecular flexibility index (Phi) is 0.871. The minimum Gasteiger partial charge on any atom is -0.447 e. The third-order valence-electron chi connectivity index (χ3n) is 1.49. The highest BCUT2D eigenvalue weighted by molar-refractivity contribution is 6.01. The Morgan fingerprint density at radius 3 is 2.69 bits per heavy atom. The van der Waals surface area contributed by atoms with Crippen molar-refractivity contribution < 1.29 is 16.4 Å². The number of benzene rings is 1. The maximum atomic E-state index is 11.5. The molecular weight excluding hydrogens is 168 g/mol. The van der Waals surface area contributed by atoms with E-state index in [0.29, 0.717) is 0 Å². The first-order chi connectivity index (χ1) is 8.34. The molecule has 1 aliphatic rings. The first kappa shape index (κ1) is 3.91. The van der Waals surface area contributed by atoms with E-state index in [0.717, 1.165) is 0 Å². The largest absolute Gasteiger partial charge is 0.447 e. The molecule has 0 spiro atoms. The van der Waals surface area contributed by atoms with Gasteiger partial charge in [-0.3, -0.25) is 15.5 Å². The second-order valence-electron chi connectivity index (χ2n) is 2.35. The van der Waals surface area contributed by atoms with E-state index < -0.39 is 48.2 Å². The van der Waals surface area contributed by atoms with E-state index in [4.69, 9.17) is 17.0 Å². The predicted molar refractivity (Wildman–Crippen MR) is 46.1 cm³/mol. The van der Waals surface area contributed by atoms with Crippen LogP contribution in [0.25, 0.3) is 0 Å². The zero-order valence-electron chi connectivity index (χ0n) is 11.4. The summed E-state index contributed by atoms with van der Waals surface area (Å²) in [5.41, 5.74) is -0.263. The number of hydrogen-bond acceptors (Lipinski definition) is 3. The lowest BCUT2D eigenvalue weighted by Gasteiger charge is -2.05. The summed E-state index contributed by atoms with van der Waals surface area (Å²) < 4.78 is 42.5. The van der Waals surface area contributed by atoms with Crippen molar-refractivity contribution in [2.45, 2.75) is 6.10 Å². The highest BCUT2D eigenvalue weighted by Gasteiger charge is 2.30. The van der Waals surface area contributed by atoms with Gasteiger partial charge in [0.25, 0.3) is 11.9 Å². The highest BCUT2D eigenvalue weighted by Crippen LogP contribution is 2.20. The Labute approximate surface area is 82.1 Å². The number of amides is 1. The number of carbonyl (C=O) groups excluding carboxylic acids is 1. The molecule has 1 unspecified atom stereocenters. The normalized spacial score (nSPS) is 26.5. The van der Waals surface area contributed by atoms with Crippen LogP contribution in [0.2, 0.25) is 0 Å². The van der Waals surface area contributed by atoms with Crippen molar-refractivity contribution in [1.82, 2.24) is 5.32 Å². The summed E-state index contributed by atoms with van der Waals surface area (Å²) in [4.78, 5) is 11.5. The minimum absolute atomic E-state index is 0.263. The molecule has 0 aliphatic carbocycles. The fraction of sp³-hybridized carbons (Fsp3) is 0.111. The van der Waals surface area contributed by atoms with Crippen LogP contribution < -0.4 is 5.32 Å². The van der Waals surface area contributed by atoms with Crippen molar-refractivity contribution in [3.8, 4) is 0 Å². The maximum absolute atomic E-state index is 11.5. The Morgan fingerprint density at radius 2 is 2.15 bits per heavy atom. The van der Waals surface area contributed by atoms with Crippen molar-refractivity contribution in [2.24, 2.45) is 0 Å². The number of nitrogens with one attached hydrogen (secondary N) is 2. The molecule has 1 saturated heterocycles. The molecule has 0 bridgehead atoms. The molecule has 1 heterocycles. The first-order valence-corrected chi connectivity index (χ1v) is 3.47. The van der Waals surface area contributed by atoms with Crippen LogP contribution in [0.4, 0.5) is 0 Å². The number of amidine groups is 1. The molecule has 1 atom stereocenters. The lowest BCUT2D eigenvalue weighted by atomic mass is 10.1. The number of rotatable bonds is 1. The molecule has 4 heteroatoms. The fourth-order valence-electron chi connectivity index (χ4n) is 0.959. The van der Waals surface area contributed by atoms with E-state index in [1.165, 1.54) is 0 Å². The quantitative estimate of drug-likeness (QED) is 0.673. The molecule has 4 nitrogen and oxygen atoms in total. The van der Waals surface area contributed by atoms with Crippen molar-refractivity contribution in [3.05, 3.63) is 35.8 Å². The van der Waals surface area contributed by atoms with Gasteiger partial charge >= 0.3 is 0 Å². The molecular formula is C9H8N2O2. The van der Waals surface area contributed by atoms with Crippen molar-refractivity contribution in [1.29, 1.82) is 5.41 Å². The van der Waals surface area contributed by atoms with Gasteiger partial charge in [-0.15, -0.1) is 0 Å². The van der Waals surface area contributed by atoms with Crippen molar-refractivity contribution in [2.75, 3.05) is 0 Å². The van der Waals surface area contributed by atoms with Crippen LogP contribution in [0.15, 0.2) is 30.2 Å². The van der Waals surface area contributed by atoms with Crippen LogP contribution in [0.5, 0.6) is 0 Å². The lowest BCUT2D eigenvalue weighted by Crippen LogP contribution is -2.20. The molecule has 0 radical (unpaired) electrons. The summed E-state index contributed by atoms with van der Waals surface area (Å²) in [6, 6.07) is -3.13. The van der Waals surface area contributed by atoms with Gasteiger partial charge in [0.1, 0.15) is 0 Å². The van der Waals surface area contributed by atoms with Crippen LogP contribution >= 0.6 is 0 Å². The van der Waals surface area contributed by atoms with Crippen LogP contribution in [0, 0.1) is 5.41 Å². The van der Waals surface area contributed by atoms with Crippen molar-refractivity contribution in [3.63, 3.8) is 0 Å². The molecule has 13 heavy (non-hydrogen) atoms. The molecule has 1 aromatic rings. The summed E-state index contributed by atoms with van der Waals surface area (Å²) in [5.74, 6) is -0.724. The molecule has 2 N–H and O–H groups in total. The van der Waals surface area contributed by atoms with Gasteiger partial charge in [0, 0.05) is 5.56 Å². The Morgan fingerprint density at radius 1 is 1.46 bits per heavy atom. The first-order valence-electron chi connectivity index (χ1n) is 5.97. The molecule has 2 rings (SSSR count). The van der Waals surface area contributed by atoms with Gasteiger partial charge in [-0.1, -0.05) is 30.2 Å². The third-order valence-corrected chi connectivity index (χ3v) is 1.49. The van der Waals surface area contributed by atoms with Gasteiger partial charge in [-0.05, 0) is 0 Å². The summed E-state index contributed by atoms with van der Waals surface area (Å²) in [7, 11) is 0. The van der Waals surface area contributed by atoms with Gasteiger partial charge in [0.05, 0.1) is 6.85 Å². The Hall–Kier alpha value is -1.84. The SMILES string of the molecule is [2H]c1c([2H])c([2H])c(C2OC(=N)NC2=O)c([2H])c1[2H]. The van der Waals surface area contributed by atoms with Gasteiger partial charge in [-0.25, -0.2) is 0 Å². The van der Waals surface area contributed by atoms with E-state index in [1.807, 2.05) is 0 Å². The standard InChI is InChI=1S/C9H8N2O2/c10-9-11-8(12)7(13-9)6-4-2-1-3-5-6/h1-5,7H,(H2,10,11,12)/i1D,2D,3D,4D,5D. The van der Waals surface area contributed by atoms with E-state index in [-0.39, 0.29) is 5.56 Å². The molecule has 0 saturated carbocycles. The smallest absolute Gasteiger partial charge is 0.289 e. The van der Waals surface area contributed by atoms with E-state index in [1.54, 1.807) is 0 Å². The third kappa shape index (κ3) is 1.38. The maximum Gasteiger partial charge on any atom is 0.289 e. The number of ether oxygens (including phenoxy) is 1. The molecule has 1 aromatic carbocycles. The van der Waals surface area contributed by atoms with Gasteiger partial charge in [0.15, 0.2) is 0 Å². The summed E-state index contributed by atoms with van der Waals surface area (Å²) in [6.45, 7) is 0. The van der Waals surface area contributed by atoms with Crippen LogP contribution in [-0.2, 0) is 9.53 Å². The zero-order valence-corrected chi connectivity index (χ0v) is 6.39. The number of hydrogen-bond donors (Lipinski definition) is 2. The molecule has 1 aliphatic heterocycles. The van der Waals surface area contributed by atoms with Crippen LogP contribution in [-0.4, -0.2) is 11.9 Å². The summed E-state index contributed by atoms with van der Waals surface area (Å²) in [5, 5.41) is 9.20. The lowest BCUT2D eigenvalue weighted by molar-refractivity contribution is -0.123. The van der Waals surface area contributed by atoms with E-state index in [9.17, 15) is 4.79 Å². The second-order valence-corrected chi connectivity index (χ2v) is 2.35. The minimum atomic E-state index is -1.38. The van der Waals surface area contributed by atoms with Gasteiger partial charge in [0.2, 0.25) is 6.10 Å². The predicted octanol–water partition coefficient (Wildman–Crippen LogP) is 0.809. The Bertz CT molecular complexity index is 546. The van der Waals surface area contributed by atoms with Crippen LogP contribution in [0.3, 0.4) is 0 Å². The average Bonchev–Trinajstić information content (AvgIpc) is 2.64. The molecule has 66 valence electrons. The highest BCUT2D eigenvalue weighted by atomic mass is 16.5.